The van der Waals surface area contributed by atoms with Crippen LogP contribution in [0.25, 0.3) is 0 Å². The van der Waals surface area contributed by atoms with Crippen LogP contribution in [0.1, 0.15) is 32.1 Å². The van der Waals surface area contributed by atoms with Gasteiger partial charge in [-0.1, -0.05) is 6.42 Å². The van der Waals surface area contributed by atoms with Crippen molar-refractivity contribution in [3.8, 4) is 0 Å². The van der Waals surface area contributed by atoms with E-state index in [1.54, 1.807) is 0 Å². The molecule has 1 saturated carbocycles. The maximum atomic E-state index is 12.9. The third kappa shape index (κ3) is 3.16. The second kappa shape index (κ2) is 5.47. The van der Waals surface area contributed by atoms with E-state index in [9.17, 15) is 18.0 Å². The number of halogens is 3. The van der Waals surface area contributed by atoms with Crippen LogP contribution >= 0.6 is 0 Å². The normalized spacial score (nSPS) is 30.4. The Morgan fingerprint density at radius 1 is 1.11 bits per heavy atom. The van der Waals surface area contributed by atoms with E-state index in [1.165, 1.54) is 0 Å². The molecule has 2 rings (SSSR count). The summed E-state index contributed by atoms with van der Waals surface area (Å²) in [5.41, 5.74) is 0. The summed E-state index contributed by atoms with van der Waals surface area (Å²) in [7, 11) is 0. The number of amides is 1. The number of carbonyl (C=O) groups excluding carboxylic acids is 1. The van der Waals surface area contributed by atoms with Crippen LogP contribution in [0.3, 0.4) is 0 Å². The molecule has 0 aromatic heterocycles. The Hall–Kier alpha value is -0.780. The number of alkyl halides is 3. The van der Waals surface area contributed by atoms with Crippen LogP contribution in [-0.4, -0.2) is 31.2 Å². The van der Waals surface area contributed by atoms with Crippen LogP contribution in [0.2, 0.25) is 0 Å². The van der Waals surface area contributed by atoms with Crippen LogP contribution < -0.4 is 10.6 Å². The molecule has 2 N–H and O–H groups in total. The summed E-state index contributed by atoms with van der Waals surface area (Å²) in [6.45, 7) is 0.891. The monoisotopic (exact) mass is 264 g/mol. The maximum Gasteiger partial charge on any atom is 0.393 e. The van der Waals surface area contributed by atoms with E-state index in [-0.39, 0.29) is 18.2 Å². The van der Waals surface area contributed by atoms with Gasteiger partial charge in [0.1, 0.15) is 0 Å². The van der Waals surface area contributed by atoms with Gasteiger partial charge >= 0.3 is 6.18 Å². The van der Waals surface area contributed by atoms with Gasteiger partial charge in [-0.3, -0.25) is 4.79 Å². The zero-order valence-corrected chi connectivity index (χ0v) is 10.2. The van der Waals surface area contributed by atoms with Crippen molar-refractivity contribution in [3.63, 3.8) is 0 Å². The molecule has 6 heteroatoms. The first kappa shape index (κ1) is 13.6. The highest BCUT2D eigenvalue weighted by Gasteiger charge is 2.45. The molecule has 104 valence electrons. The van der Waals surface area contributed by atoms with Gasteiger partial charge in [-0.15, -0.1) is 0 Å². The zero-order chi connectivity index (χ0) is 13.2. The number of carbonyl (C=O) groups is 1. The van der Waals surface area contributed by atoms with Crippen molar-refractivity contribution in [2.45, 2.75) is 44.3 Å². The minimum absolute atomic E-state index is 0.0408. The minimum Gasteiger partial charge on any atom is -0.352 e. The third-order valence-corrected chi connectivity index (χ3v) is 3.97. The van der Waals surface area contributed by atoms with E-state index in [0.717, 1.165) is 19.3 Å². The van der Waals surface area contributed by atoms with Gasteiger partial charge < -0.3 is 10.6 Å². The highest BCUT2D eigenvalue weighted by Crippen LogP contribution is 2.34. The highest BCUT2D eigenvalue weighted by molar-refractivity contribution is 5.79. The van der Waals surface area contributed by atoms with Crippen LogP contribution in [0.5, 0.6) is 0 Å². The van der Waals surface area contributed by atoms with Crippen molar-refractivity contribution in [2.75, 3.05) is 13.1 Å². The Kier molecular flexibility index (Phi) is 4.14. The molecule has 1 heterocycles. The van der Waals surface area contributed by atoms with Crippen LogP contribution in [0.15, 0.2) is 0 Å². The SMILES string of the molecule is O=C(NC1CCNCCC1C(F)(F)F)C1CCC1. The predicted molar refractivity (Wildman–Crippen MR) is 60.9 cm³/mol. The molecular weight excluding hydrogens is 245 g/mol. The summed E-state index contributed by atoms with van der Waals surface area (Å²) in [5.74, 6) is -1.67. The van der Waals surface area contributed by atoms with Crippen molar-refractivity contribution >= 4 is 5.91 Å². The molecule has 0 bridgehead atoms. The van der Waals surface area contributed by atoms with Crippen LogP contribution in [0, 0.1) is 11.8 Å². The van der Waals surface area contributed by atoms with Crippen molar-refractivity contribution in [1.29, 1.82) is 0 Å². The zero-order valence-electron chi connectivity index (χ0n) is 10.2. The number of hydrogen-bond acceptors (Lipinski definition) is 2. The van der Waals surface area contributed by atoms with Crippen molar-refractivity contribution in [1.82, 2.24) is 10.6 Å². The molecule has 0 aromatic rings. The molecule has 0 radical (unpaired) electrons. The van der Waals surface area contributed by atoms with Crippen LogP contribution in [-0.2, 0) is 4.79 Å². The average Bonchev–Trinajstić information content (AvgIpc) is 2.39. The highest BCUT2D eigenvalue weighted by atomic mass is 19.4. The average molecular weight is 264 g/mol. The van der Waals surface area contributed by atoms with Gasteiger partial charge in [0.15, 0.2) is 0 Å². The smallest absolute Gasteiger partial charge is 0.352 e. The van der Waals surface area contributed by atoms with E-state index in [2.05, 4.69) is 10.6 Å². The summed E-state index contributed by atoms with van der Waals surface area (Å²) in [6, 6.07) is -0.770. The third-order valence-electron chi connectivity index (χ3n) is 3.97. The van der Waals surface area contributed by atoms with E-state index >= 15 is 0 Å². The van der Waals surface area contributed by atoms with E-state index in [4.69, 9.17) is 0 Å². The largest absolute Gasteiger partial charge is 0.393 e. The topological polar surface area (TPSA) is 41.1 Å². The van der Waals surface area contributed by atoms with Crippen molar-refractivity contribution in [3.05, 3.63) is 0 Å². The Morgan fingerprint density at radius 3 is 2.33 bits per heavy atom. The molecule has 1 aliphatic heterocycles. The summed E-state index contributed by atoms with van der Waals surface area (Å²) in [5, 5.41) is 5.58. The van der Waals surface area contributed by atoms with E-state index < -0.39 is 18.1 Å². The lowest BCUT2D eigenvalue weighted by Gasteiger charge is -2.31. The molecule has 1 amide bonds. The number of hydrogen-bond donors (Lipinski definition) is 2. The molecular formula is C12H19F3N2O. The molecule has 0 aromatic carbocycles. The summed E-state index contributed by atoms with van der Waals surface area (Å²) in [4.78, 5) is 11.8. The Bertz CT molecular complexity index is 302. The Morgan fingerprint density at radius 2 is 1.78 bits per heavy atom. The van der Waals surface area contributed by atoms with Gasteiger partial charge in [-0.2, -0.15) is 13.2 Å². The quantitative estimate of drug-likeness (QED) is 0.799. The molecule has 2 fully saturated rings. The van der Waals surface area contributed by atoms with E-state index in [1.807, 2.05) is 0 Å². The molecule has 2 unspecified atom stereocenters. The number of rotatable bonds is 2. The van der Waals surface area contributed by atoms with Gasteiger partial charge in [0.2, 0.25) is 5.91 Å². The lowest BCUT2D eigenvalue weighted by Crippen LogP contribution is -2.48. The molecule has 1 aliphatic carbocycles. The fourth-order valence-corrected chi connectivity index (χ4v) is 2.58. The molecule has 1 saturated heterocycles. The van der Waals surface area contributed by atoms with Gasteiger partial charge in [0.05, 0.1) is 5.92 Å². The minimum atomic E-state index is -4.23. The fraction of sp³-hybridized carbons (Fsp3) is 0.917. The molecule has 2 aliphatic rings. The predicted octanol–water partition coefficient (Wildman–Crippen LogP) is 1.83. The first-order valence-corrected chi connectivity index (χ1v) is 6.56. The first-order valence-electron chi connectivity index (χ1n) is 6.56. The molecule has 0 spiro atoms. The van der Waals surface area contributed by atoms with Crippen LogP contribution in [0.4, 0.5) is 13.2 Å². The lowest BCUT2D eigenvalue weighted by atomic mass is 9.84. The fourth-order valence-electron chi connectivity index (χ4n) is 2.58. The Labute approximate surface area is 104 Å². The van der Waals surface area contributed by atoms with Crippen molar-refractivity contribution < 1.29 is 18.0 Å². The summed E-state index contributed by atoms with van der Waals surface area (Å²) >= 11 is 0. The molecule has 18 heavy (non-hydrogen) atoms. The molecule has 2 atom stereocenters. The second-order valence-corrected chi connectivity index (χ2v) is 5.22. The summed E-state index contributed by atoms with van der Waals surface area (Å²) < 4.78 is 38.8. The lowest BCUT2D eigenvalue weighted by molar-refractivity contribution is -0.183. The standard InChI is InChI=1S/C12H19F3N2O/c13-12(14,15)9-4-6-16-7-5-10(9)17-11(18)8-2-1-3-8/h8-10,16H,1-7H2,(H,17,18). The second-order valence-electron chi connectivity index (χ2n) is 5.22. The maximum absolute atomic E-state index is 12.9. The van der Waals surface area contributed by atoms with Gasteiger partial charge in [0.25, 0.3) is 0 Å². The summed E-state index contributed by atoms with van der Waals surface area (Å²) in [6.07, 6.45) is -1.21. The van der Waals surface area contributed by atoms with E-state index in [0.29, 0.717) is 19.5 Å². The van der Waals surface area contributed by atoms with Gasteiger partial charge in [0, 0.05) is 12.0 Å². The Balaban J connectivity index is 1.98. The number of nitrogens with one attached hydrogen (secondary N) is 2. The van der Waals surface area contributed by atoms with Crippen molar-refractivity contribution in [2.24, 2.45) is 11.8 Å². The first-order chi connectivity index (χ1) is 8.48. The van der Waals surface area contributed by atoms with Gasteiger partial charge in [-0.25, -0.2) is 0 Å². The van der Waals surface area contributed by atoms with Gasteiger partial charge in [-0.05, 0) is 38.8 Å². The molecule has 3 nitrogen and oxygen atoms in total.